The number of anilines is 2. The van der Waals surface area contributed by atoms with Crippen molar-refractivity contribution >= 4 is 49.1 Å². The first-order valence-electron chi connectivity index (χ1n) is 7.18. The second-order valence-corrected chi connectivity index (χ2v) is 6.29. The number of nitrogens with one attached hydrogen (secondary N) is 1. The SMILES string of the molecule is COc1ccc(N=O)cc1Nc1nc2c(ccc3c2ncn3C)s1. The Hall–Kier alpha value is -3.00. The van der Waals surface area contributed by atoms with E-state index in [0.29, 0.717) is 22.3 Å². The topological polar surface area (TPSA) is 81.4 Å². The summed E-state index contributed by atoms with van der Waals surface area (Å²) in [6.07, 6.45) is 1.78. The lowest BCUT2D eigenvalue weighted by Gasteiger charge is -2.08. The molecule has 0 aliphatic rings. The average molecular weight is 339 g/mol. The summed E-state index contributed by atoms with van der Waals surface area (Å²) >= 11 is 1.51. The number of nitrogens with zero attached hydrogens (tertiary/aromatic N) is 4. The summed E-state index contributed by atoms with van der Waals surface area (Å²) in [6.45, 7) is 0. The Morgan fingerprint density at radius 1 is 1.25 bits per heavy atom. The molecule has 24 heavy (non-hydrogen) atoms. The molecule has 0 atom stereocenters. The van der Waals surface area contributed by atoms with E-state index in [1.807, 2.05) is 23.7 Å². The summed E-state index contributed by atoms with van der Waals surface area (Å²) in [7, 11) is 3.53. The summed E-state index contributed by atoms with van der Waals surface area (Å²) in [6, 6.07) is 9.00. The molecule has 0 amide bonds. The van der Waals surface area contributed by atoms with Crippen LogP contribution in [0.15, 0.2) is 41.8 Å². The van der Waals surface area contributed by atoms with Gasteiger partial charge in [-0.25, -0.2) is 9.97 Å². The van der Waals surface area contributed by atoms with Crippen molar-refractivity contribution < 1.29 is 4.74 Å². The van der Waals surface area contributed by atoms with Gasteiger partial charge in [-0.15, -0.1) is 4.91 Å². The van der Waals surface area contributed by atoms with Crippen LogP contribution < -0.4 is 10.1 Å². The van der Waals surface area contributed by atoms with Crippen molar-refractivity contribution in [2.45, 2.75) is 0 Å². The van der Waals surface area contributed by atoms with Gasteiger partial charge in [0.2, 0.25) is 0 Å². The molecule has 7 nitrogen and oxygen atoms in total. The van der Waals surface area contributed by atoms with Gasteiger partial charge < -0.3 is 14.6 Å². The van der Waals surface area contributed by atoms with Gasteiger partial charge in [0, 0.05) is 7.05 Å². The highest BCUT2D eigenvalue weighted by molar-refractivity contribution is 7.22. The third-order valence-corrected chi connectivity index (χ3v) is 4.72. The van der Waals surface area contributed by atoms with Crippen LogP contribution in [0.25, 0.3) is 21.3 Å². The Morgan fingerprint density at radius 3 is 2.92 bits per heavy atom. The summed E-state index contributed by atoms with van der Waals surface area (Å²) < 4.78 is 8.32. The van der Waals surface area contributed by atoms with E-state index in [2.05, 4.69) is 20.5 Å². The van der Waals surface area contributed by atoms with E-state index >= 15 is 0 Å². The van der Waals surface area contributed by atoms with Crippen molar-refractivity contribution in [3.8, 4) is 5.75 Å². The van der Waals surface area contributed by atoms with Crippen LogP contribution >= 0.6 is 11.3 Å². The summed E-state index contributed by atoms with van der Waals surface area (Å²) in [5.74, 6) is 0.615. The van der Waals surface area contributed by atoms with Crippen LogP contribution in [0.5, 0.6) is 5.75 Å². The Bertz CT molecular complexity index is 1070. The molecular weight excluding hydrogens is 326 g/mol. The first-order valence-corrected chi connectivity index (χ1v) is 8.00. The highest BCUT2D eigenvalue weighted by atomic mass is 32.1. The number of fused-ring (bicyclic) bond motifs is 3. The number of ether oxygens (including phenoxy) is 1. The van der Waals surface area contributed by atoms with Gasteiger partial charge in [0.25, 0.3) is 0 Å². The van der Waals surface area contributed by atoms with Gasteiger partial charge in [-0.05, 0) is 35.5 Å². The lowest BCUT2D eigenvalue weighted by Crippen LogP contribution is -1.93. The van der Waals surface area contributed by atoms with Crippen molar-refractivity contribution in [2.24, 2.45) is 12.2 Å². The van der Waals surface area contributed by atoms with Crippen LogP contribution in [-0.4, -0.2) is 21.6 Å². The number of benzene rings is 2. The highest BCUT2D eigenvalue weighted by Gasteiger charge is 2.12. The zero-order valence-corrected chi connectivity index (χ0v) is 13.8. The predicted molar refractivity (Wildman–Crippen MR) is 95.6 cm³/mol. The molecule has 0 saturated carbocycles. The van der Waals surface area contributed by atoms with Crippen molar-refractivity contribution in [1.82, 2.24) is 14.5 Å². The van der Waals surface area contributed by atoms with E-state index in [9.17, 15) is 4.91 Å². The summed E-state index contributed by atoms with van der Waals surface area (Å²) in [5, 5.41) is 6.87. The van der Waals surface area contributed by atoms with Crippen molar-refractivity contribution in [3.05, 3.63) is 41.6 Å². The molecule has 2 heterocycles. The van der Waals surface area contributed by atoms with E-state index < -0.39 is 0 Å². The van der Waals surface area contributed by atoms with Crippen LogP contribution in [-0.2, 0) is 7.05 Å². The summed E-state index contributed by atoms with van der Waals surface area (Å²) in [5.41, 5.74) is 3.72. The van der Waals surface area contributed by atoms with Gasteiger partial charge in [-0.3, -0.25) is 0 Å². The molecule has 0 aliphatic carbocycles. The molecule has 4 aromatic rings. The molecule has 120 valence electrons. The molecule has 8 heteroatoms. The van der Waals surface area contributed by atoms with Gasteiger partial charge in [-0.2, -0.15) is 0 Å². The van der Waals surface area contributed by atoms with E-state index in [1.54, 1.807) is 31.6 Å². The van der Waals surface area contributed by atoms with Gasteiger partial charge in [0.15, 0.2) is 5.13 Å². The maximum Gasteiger partial charge on any atom is 0.188 e. The normalized spacial score (nSPS) is 11.1. The predicted octanol–water partition coefficient (Wildman–Crippen LogP) is 4.33. The molecule has 0 saturated heterocycles. The molecule has 2 aromatic carbocycles. The maximum absolute atomic E-state index is 10.8. The monoisotopic (exact) mass is 339 g/mol. The van der Waals surface area contributed by atoms with Crippen molar-refractivity contribution in [3.63, 3.8) is 0 Å². The molecule has 0 radical (unpaired) electrons. The lowest BCUT2D eigenvalue weighted by atomic mass is 10.2. The molecule has 1 N–H and O–H groups in total. The van der Waals surface area contributed by atoms with Gasteiger partial charge in [0.1, 0.15) is 22.5 Å². The number of hydrogen-bond donors (Lipinski definition) is 1. The smallest absolute Gasteiger partial charge is 0.188 e. The molecule has 0 aliphatic heterocycles. The van der Waals surface area contributed by atoms with Crippen LogP contribution in [0.3, 0.4) is 0 Å². The first-order chi connectivity index (χ1) is 11.7. The fraction of sp³-hybridized carbons (Fsp3) is 0.125. The minimum Gasteiger partial charge on any atom is -0.495 e. The van der Waals surface area contributed by atoms with Crippen LogP contribution in [0.2, 0.25) is 0 Å². The van der Waals surface area contributed by atoms with Gasteiger partial charge in [-0.1, -0.05) is 11.3 Å². The van der Waals surface area contributed by atoms with E-state index in [4.69, 9.17) is 4.74 Å². The number of rotatable bonds is 4. The Kier molecular flexibility index (Phi) is 3.39. The molecular formula is C16H13N5O2S. The third-order valence-electron chi connectivity index (χ3n) is 3.78. The number of thiazole rings is 1. The van der Waals surface area contributed by atoms with Crippen LogP contribution in [0.1, 0.15) is 0 Å². The third kappa shape index (κ3) is 2.28. The van der Waals surface area contributed by atoms with Crippen molar-refractivity contribution in [1.29, 1.82) is 0 Å². The Balaban J connectivity index is 1.80. The van der Waals surface area contributed by atoms with E-state index in [1.165, 1.54) is 11.3 Å². The number of imidazole rings is 1. The number of methoxy groups -OCH3 is 1. The lowest BCUT2D eigenvalue weighted by molar-refractivity contribution is 0.417. The van der Waals surface area contributed by atoms with Crippen LogP contribution in [0, 0.1) is 4.91 Å². The highest BCUT2D eigenvalue weighted by Crippen LogP contribution is 2.36. The number of nitroso groups, excluding NO2 is 1. The number of aromatic nitrogens is 3. The van der Waals surface area contributed by atoms with Gasteiger partial charge in [0.05, 0.1) is 29.3 Å². The molecule has 0 bridgehead atoms. The fourth-order valence-electron chi connectivity index (χ4n) is 2.61. The maximum atomic E-state index is 10.8. The second-order valence-electron chi connectivity index (χ2n) is 5.26. The Morgan fingerprint density at radius 2 is 2.12 bits per heavy atom. The van der Waals surface area contributed by atoms with Gasteiger partial charge >= 0.3 is 0 Å². The minimum atomic E-state index is 0.325. The average Bonchev–Trinajstić information content (AvgIpc) is 3.17. The minimum absolute atomic E-state index is 0.325. The largest absolute Gasteiger partial charge is 0.495 e. The van der Waals surface area contributed by atoms with Crippen molar-refractivity contribution in [2.75, 3.05) is 12.4 Å². The molecule has 4 rings (SSSR count). The first kappa shape index (κ1) is 14.6. The summed E-state index contributed by atoms with van der Waals surface area (Å²) in [4.78, 5) is 19.8. The molecule has 0 spiro atoms. The zero-order valence-electron chi connectivity index (χ0n) is 13.0. The molecule has 2 aromatic heterocycles. The number of hydrogen-bond acceptors (Lipinski definition) is 7. The fourth-order valence-corrected chi connectivity index (χ4v) is 3.49. The van der Waals surface area contributed by atoms with E-state index in [-0.39, 0.29) is 0 Å². The molecule has 0 fully saturated rings. The standard InChI is InChI=1S/C16H13N5O2S/c1-21-8-17-14-11(21)4-6-13-15(14)19-16(24-13)18-10-7-9(20-22)3-5-12(10)23-2/h3-8H,1-2H3,(H,18,19). The quantitative estimate of drug-likeness (QED) is 0.560. The molecule has 0 unspecified atom stereocenters. The van der Waals surface area contributed by atoms with E-state index in [0.717, 1.165) is 21.3 Å². The second kappa shape index (κ2) is 5.57. The Labute approximate surface area is 140 Å². The number of aryl methyl sites for hydroxylation is 1. The van der Waals surface area contributed by atoms with Crippen LogP contribution in [0.4, 0.5) is 16.5 Å². The zero-order chi connectivity index (χ0) is 16.7.